The zero-order chi connectivity index (χ0) is 17.5. The maximum Gasteiger partial charge on any atom is 0.271 e. The summed E-state index contributed by atoms with van der Waals surface area (Å²) >= 11 is 3.43. The van der Waals surface area contributed by atoms with Crippen molar-refractivity contribution in [1.82, 2.24) is 5.43 Å². The van der Waals surface area contributed by atoms with Crippen molar-refractivity contribution in [3.05, 3.63) is 52.0 Å². The van der Waals surface area contributed by atoms with E-state index in [-0.39, 0.29) is 5.91 Å². The number of methoxy groups -OCH3 is 3. The van der Waals surface area contributed by atoms with Crippen LogP contribution < -0.4 is 19.6 Å². The highest BCUT2D eigenvalue weighted by Crippen LogP contribution is 2.32. The van der Waals surface area contributed by atoms with E-state index in [4.69, 9.17) is 14.2 Å². The van der Waals surface area contributed by atoms with Crippen LogP contribution in [0, 0.1) is 0 Å². The van der Waals surface area contributed by atoms with Crippen molar-refractivity contribution in [1.29, 1.82) is 0 Å². The summed E-state index contributed by atoms with van der Waals surface area (Å²) in [5.41, 5.74) is 3.70. The summed E-state index contributed by atoms with van der Waals surface area (Å²) in [4.78, 5) is 12.0. The quantitative estimate of drug-likeness (QED) is 0.605. The molecule has 1 N–H and O–H groups in total. The molecule has 0 atom stereocenters. The van der Waals surface area contributed by atoms with Gasteiger partial charge in [-0.1, -0.05) is 0 Å². The standard InChI is InChI=1S/C17H17BrN2O4/c1-22-13-6-4-11(5-7-13)17(21)20-19-10-12-8-15(23-2)16(24-3)9-14(12)18/h4-10H,1-3H3,(H,20,21)/b19-10-. The van der Waals surface area contributed by atoms with Gasteiger partial charge in [-0.25, -0.2) is 5.43 Å². The van der Waals surface area contributed by atoms with Crippen molar-refractivity contribution in [3.63, 3.8) is 0 Å². The number of carbonyl (C=O) groups excluding carboxylic acids is 1. The highest BCUT2D eigenvalue weighted by atomic mass is 79.9. The molecule has 0 bridgehead atoms. The van der Waals surface area contributed by atoms with Crippen molar-refractivity contribution in [2.45, 2.75) is 0 Å². The Kier molecular flexibility index (Phi) is 6.20. The molecule has 24 heavy (non-hydrogen) atoms. The molecule has 7 heteroatoms. The number of hydrogen-bond acceptors (Lipinski definition) is 5. The number of halogens is 1. The smallest absolute Gasteiger partial charge is 0.271 e. The third-order valence-corrected chi connectivity index (χ3v) is 3.91. The molecule has 6 nitrogen and oxygen atoms in total. The van der Waals surface area contributed by atoms with Crippen LogP contribution in [0.3, 0.4) is 0 Å². The summed E-state index contributed by atoms with van der Waals surface area (Å²) in [5, 5.41) is 3.97. The first-order valence-electron chi connectivity index (χ1n) is 6.98. The minimum atomic E-state index is -0.314. The summed E-state index contributed by atoms with van der Waals surface area (Å²) in [6.07, 6.45) is 1.52. The molecule has 0 heterocycles. The highest BCUT2D eigenvalue weighted by molar-refractivity contribution is 9.10. The molecule has 0 aliphatic carbocycles. The largest absolute Gasteiger partial charge is 0.497 e. The summed E-state index contributed by atoms with van der Waals surface area (Å²) < 4.78 is 16.3. The molecule has 0 saturated carbocycles. The van der Waals surface area contributed by atoms with Gasteiger partial charge in [0.1, 0.15) is 5.75 Å². The first-order chi connectivity index (χ1) is 11.6. The maximum absolute atomic E-state index is 12.0. The van der Waals surface area contributed by atoms with Gasteiger partial charge in [0.05, 0.1) is 27.5 Å². The molecule has 0 radical (unpaired) electrons. The number of hydrazone groups is 1. The van der Waals surface area contributed by atoms with Gasteiger partial charge in [-0.3, -0.25) is 4.79 Å². The van der Waals surface area contributed by atoms with E-state index in [1.807, 2.05) is 0 Å². The fourth-order valence-electron chi connectivity index (χ4n) is 1.94. The second kappa shape index (κ2) is 8.35. The molecule has 1 amide bonds. The summed E-state index contributed by atoms with van der Waals surface area (Å²) in [6.45, 7) is 0. The average molecular weight is 393 g/mol. The van der Waals surface area contributed by atoms with Crippen LogP contribution >= 0.6 is 15.9 Å². The predicted molar refractivity (Wildman–Crippen MR) is 95.3 cm³/mol. The number of nitrogens with zero attached hydrogens (tertiary/aromatic N) is 1. The van der Waals surface area contributed by atoms with Crippen LogP contribution in [0.25, 0.3) is 0 Å². The second-order valence-corrected chi connectivity index (χ2v) is 5.51. The van der Waals surface area contributed by atoms with E-state index < -0.39 is 0 Å². The lowest BCUT2D eigenvalue weighted by Crippen LogP contribution is -2.17. The van der Waals surface area contributed by atoms with Gasteiger partial charge in [0.2, 0.25) is 0 Å². The lowest BCUT2D eigenvalue weighted by atomic mass is 10.2. The van der Waals surface area contributed by atoms with Crippen LogP contribution in [0.2, 0.25) is 0 Å². The molecule has 0 aliphatic heterocycles. The Morgan fingerprint density at radius 3 is 2.25 bits per heavy atom. The summed E-state index contributed by atoms with van der Waals surface area (Å²) in [6, 6.07) is 10.3. The van der Waals surface area contributed by atoms with Crippen LogP contribution in [0.5, 0.6) is 17.2 Å². The van der Waals surface area contributed by atoms with Crippen molar-refractivity contribution < 1.29 is 19.0 Å². The minimum Gasteiger partial charge on any atom is -0.497 e. The summed E-state index contributed by atoms with van der Waals surface area (Å²) in [5.74, 6) is 1.54. The van der Waals surface area contributed by atoms with E-state index in [1.54, 1.807) is 57.7 Å². The molecule has 0 spiro atoms. The topological polar surface area (TPSA) is 69.2 Å². The van der Waals surface area contributed by atoms with Crippen molar-refractivity contribution in [2.24, 2.45) is 5.10 Å². The minimum absolute atomic E-state index is 0.314. The summed E-state index contributed by atoms with van der Waals surface area (Å²) in [7, 11) is 4.69. The van der Waals surface area contributed by atoms with Gasteiger partial charge < -0.3 is 14.2 Å². The van der Waals surface area contributed by atoms with Gasteiger partial charge in [-0.15, -0.1) is 0 Å². The van der Waals surface area contributed by atoms with E-state index >= 15 is 0 Å². The number of benzene rings is 2. The van der Waals surface area contributed by atoms with E-state index in [2.05, 4.69) is 26.5 Å². The van der Waals surface area contributed by atoms with Crippen molar-refractivity contribution >= 4 is 28.1 Å². The molecule has 2 rings (SSSR count). The Morgan fingerprint density at radius 1 is 1.04 bits per heavy atom. The van der Waals surface area contributed by atoms with E-state index in [1.165, 1.54) is 6.21 Å². The number of carbonyl (C=O) groups is 1. The number of amides is 1. The lowest BCUT2D eigenvalue weighted by Gasteiger charge is -2.09. The number of hydrogen-bond donors (Lipinski definition) is 1. The van der Waals surface area contributed by atoms with E-state index in [0.717, 1.165) is 10.0 Å². The lowest BCUT2D eigenvalue weighted by molar-refractivity contribution is 0.0955. The first-order valence-corrected chi connectivity index (χ1v) is 7.77. The zero-order valence-electron chi connectivity index (χ0n) is 13.5. The number of nitrogens with one attached hydrogen (secondary N) is 1. The van der Waals surface area contributed by atoms with Crippen molar-refractivity contribution in [3.8, 4) is 17.2 Å². The van der Waals surface area contributed by atoms with Gasteiger partial charge in [-0.05, 0) is 52.3 Å². The molecule has 2 aromatic rings. The SMILES string of the molecule is COc1ccc(C(=O)N/N=C\c2cc(OC)c(OC)cc2Br)cc1. The second-order valence-electron chi connectivity index (χ2n) is 4.66. The molecular formula is C17H17BrN2O4. The van der Waals surface area contributed by atoms with Crippen LogP contribution in [0.15, 0.2) is 46.0 Å². The molecule has 0 unspecified atom stereocenters. The maximum atomic E-state index is 12.0. The van der Waals surface area contributed by atoms with Crippen LogP contribution in [-0.4, -0.2) is 33.5 Å². The highest BCUT2D eigenvalue weighted by Gasteiger charge is 2.08. The third-order valence-electron chi connectivity index (χ3n) is 3.22. The molecular weight excluding hydrogens is 376 g/mol. The Hall–Kier alpha value is -2.54. The zero-order valence-corrected chi connectivity index (χ0v) is 15.1. The molecule has 0 aromatic heterocycles. The Labute approximate surface area is 148 Å². The number of ether oxygens (including phenoxy) is 3. The number of rotatable bonds is 6. The predicted octanol–water partition coefficient (Wildman–Crippen LogP) is 3.24. The molecule has 126 valence electrons. The Morgan fingerprint density at radius 2 is 1.67 bits per heavy atom. The molecule has 0 fully saturated rings. The Balaban J connectivity index is 2.09. The van der Waals surface area contributed by atoms with Gasteiger partial charge >= 0.3 is 0 Å². The van der Waals surface area contributed by atoms with Gasteiger partial charge in [0, 0.05) is 15.6 Å². The van der Waals surface area contributed by atoms with Crippen LogP contribution in [0.4, 0.5) is 0 Å². The monoisotopic (exact) mass is 392 g/mol. The van der Waals surface area contributed by atoms with Gasteiger partial charge in [0.25, 0.3) is 5.91 Å². The Bertz CT molecular complexity index is 745. The van der Waals surface area contributed by atoms with Crippen LogP contribution in [-0.2, 0) is 0 Å². The average Bonchev–Trinajstić information content (AvgIpc) is 2.62. The van der Waals surface area contributed by atoms with E-state index in [0.29, 0.717) is 22.8 Å². The molecule has 0 aliphatic rings. The van der Waals surface area contributed by atoms with Crippen LogP contribution in [0.1, 0.15) is 15.9 Å². The fourth-order valence-corrected chi connectivity index (χ4v) is 2.36. The normalized spacial score (nSPS) is 10.5. The van der Waals surface area contributed by atoms with Gasteiger partial charge in [0.15, 0.2) is 11.5 Å². The fraction of sp³-hybridized carbons (Fsp3) is 0.176. The van der Waals surface area contributed by atoms with Gasteiger partial charge in [-0.2, -0.15) is 5.10 Å². The van der Waals surface area contributed by atoms with E-state index in [9.17, 15) is 4.79 Å². The third kappa shape index (κ3) is 4.26. The molecule has 0 saturated heterocycles. The molecule has 2 aromatic carbocycles. The van der Waals surface area contributed by atoms with Crippen molar-refractivity contribution in [2.75, 3.05) is 21.3 Å². The first kappa shape index (κ1) is 17.8.